The van der Waals surface area contributed by atoms with E-state index in [1.807, 2.05) is 12.1 Å². The average molecular weight is 446 g/mol. The maximum atomic E-state index is 12.9. The predicted molar refractivity (Wildman–Crippen MR) is 118 cm³/mol. The number of fused-ring (bicyclic) bond motifs is 2. The maximum absolute atomic E-state index is 12.9. The molecule has 3 aromatic rings. The molecule has 8 heteroatoms. The fourth-order valence-corrected chi connectivity index (χ4v) is 3.89. The second-order valence-electron chi connectivity index (χ2n) is 7.40. The summed E-state index contributed by atoms with van der Waals surface area (Å²) in [5.74, 6) is -3.72. The molecular formula is C25H22N2O6. The molecule has 0 fully saturated rings. The fourth-order valence-electron chi connectivity index (χ4n) is 3.89. The van der Waals surface area contributed by atoms with Gasteiger partial charge in [0, 0.05) is 5.39 Å². The lowest BCUT2D eigenvalue weighted by molar-refractivity contribution is -0.157. The Balaban J connectivity index is 1.79. The minimum absolute atomic E-state index is 0.0409. The lowest BCUT2D eigenvalue weighted by atomic mass is 9.99. The molecule has 0 N–H and O–H groups in total. The van der Waals surface area contributed by atoms with Gasteiger partial charge in [-0.2, -0.15) is 0 Å². The topological polar surface area (TPSA) is 103 Å². The van der Waals surface area contributed by atoms with Gasteiger partial charge in [0.05, 0.1) is 42.1 Å². The highest BCUT2D eigenvalue weighted by molar-refractivity contribution is 6.21. The Kier molecular flexibility index (Phi) is 6.17. The zero-order valence-corrected chi connectivity index (χ0v) is 18.2. The third-order valence-electron chi connectivity index (χ3n) is 5.37. The summed E-state index contributed by atoms with van der Waals surface area (Å²) in [4.78, 5) is 56.7. The van der Waals surface area contributed by atoms with E-state index in [1.165, 1.54) is 0 Å². The molecule has 33 heavy (non-hydrogen) atoms. The first-order chi connectivity index (χ1) is 16.0. The predicted octanol–water partition coefficient (Wildman–Crippen LogP) is 3.24. The standard InChI is InChI=1S/C25H22N2O6/c1-3-32-24(30)21(25(31)33-4-2)20-13-15(16-9-7-8-12-19(16)26-20)14-27-22(28)17-10-5-6-11-18(17)23(27)29/h5-13,21H,3-4,14H2,1-2H3. The van der Waals surface area contributed by atoms with Gasteiger partial charge < -0.3 is 9.47 Å². The molecule has 1 aliphatic heterocycles. The summed E-state index contributed by atoms with van der Waals surface area (Å²) in [5, 5.41) is 0.698. The quantitative estimate of drug-likeness (QED) is 0.312. The summed E-state index contributed by atoms with van der Waals surface area (Å²) >= 11 is 0. The van der Waals surface area contributed by atoms with E-state index >= 15 is 0 Å². The SMILES string of the molecule is CCOC(=O)C(C(=O)OCC)c1cc(CN2C(=O)c3ccccc3C2=O)c2ccccc2n1. The number of amides is 2. The van der Waals surface area contributed by atoms with Crippen molar-refractivity contribution in [2.75, 3.05) is 13.2 Å². The van der Waals surface area contributed by atoms with Crippen LogP contribution in [0.5, 0.6) is 0 Å². The van der Waals surface area contributed by atoms with Crippen LogP contribution in [0.15, 0.2) is 54.6 Å². The highest BCUT2D eigenvalue weighted by atomic mass is 16.6. The fraction of sp³-hybridized carbons (Fsp3) is 0.240. The molecule has 1 aromatic heterocycles. The van der Waals surface area contributed by atoms with Crippen molar-refractivity contribution >= 4 is 34.7 Å². The van der Waals surface area contributed by atoms with Crippen LogP contribution in [0.1, 0.15) is 51.7 Å². The number of para-hydroxylation sites is 1. The van der Waals surface area contributed by atoms with Crippen LogP contribution in [0.25, 0.3) is 10.9 Å². The molecule has 1 aliphatic rings. The van der Waals surface area contributed by atoms with Gasteiger partial charge in [-0.3, -0.25) is 29.1 Å². The van der Waals surface area contributed by atoms with Crippen molar-refractivity contribution in [1.29, 1.82) is 0 Å². The number of carbonyl (C=O) groups is 4. The molecule has 2 aromatic carbocycles. The lowest BCUT2D eigenvalue weighted by Gasteiger charge is -2.19. The molecule has 0 saturated heterocycles. The maximum Gasteiger partial charge on any atom is 0.326 e. The first kappa shape index (κ1) is 22.1. The Morgan fingerprint density at radius 3 is 2.00 bits per heavy atom. The van der Waals surface area contributed by atoms with E-state index < -0.39 is 29.7 Å². The highest BCUT2D eigenvalue weighted by Gasteiger charge is 2.37. The molecule has 2 heterocycles. The number of pyridine rings is 1. The van der Waals surface area contributed by atoms with Gasteiger partial charge in [-0.25, -0.2) is 0 Å². The molecule has 0 atom stereocenters. The van der Waals surface area contributed by atoms with Crippen LogP contribution >= 0.6 is 0 Å². The molecule has 8 nitrogen and oxygen atoms in total. The van der Waals surface area contributed by atoms with E-state index in [0.717, 1.165) is 4.90 Å². The number of imide groups is 1. The third-order valence-corrected chi connectivity index (χ3v) is 5.37. The van der Waals surface area contributed by atoms with E-state index in [1.54, 1.807) is 56.3 Å². The normalized spacial score (nSPS) is 12.9. The van der Waals surface area contributed by atoms with Crippen LogP contribution in [0, 0.1) is 0 Å². The second kappa shape index (κ2) is 9.20. The van der Waals surface area contributed by atoms with Crippen LogP contribution in [0.2, 0.25) is 0 Å². The number of hydrogen-bond acceptors (Lipinski definition) is 7. The van der Waals surface area contributed by atoms with Gasteiger partial charge >= 0.3 is 11.9 Å². The van der Waals surface area contributed by atoms with E-state index in [2.05, 4.69) is 4.98 Å². The van der Waals surface area contributed by atoms with Gasteiger partial charge in [0.1, 0.15) is 0 Å². The van der Waals surface area contributed by atoms with Gasteiger partial charge in [-0.15, -0.1) is 0 Å². The molecule has 0 spiro atoms. The van der Waals surface area contributed by atoms with Crippen LogP contribution in [0.4, 0.5) is 0 Å². The van der Waals surface area contributed by atoms with Gasteiger partial charge in [-0.1, -0.05) is 30.3 Å². The molecule has 0 bridgehead atoms. The molecular weight excluding hydrogens is 424 g/mol. The number of aromatic nitrogens is 1. The minimum atomic E-state index is -1.38. The monoisotopic (exact) mass is 446 g/mol. The molecule has 2 amide bonds. The van der Waals surface area contributed by atoms with Crippen molar-refractivity contribution in [3.63, 3.8) is 0 Å². The number of carbonyl (C=O) groups excluding carboxylic acids is 4. The van der Waals surface area contributed by atoms with Gasteiger partial charge in [-0.05, 0) is 43.7 Å². The van der Waals surface area contributed by atoms with Gasteiger partial charge in [0.15, 0.2) is 5.92 Å². The Morgan fingerprint density at radius 1 is 0.879 bits per heavy atom. The number of ether oxygens (including phenoxy) is 2. The van der Waals surface area contributed by atoms with Crippen molar-refractivity contribution in [2.24, 2.45) is 0 Å². The Hall–Kier alpha value is -4.07. The van der Waals surface area contributed by atoms with Crippen molar-refractivity contribution in [3.8, 4) is 0 Å². The Bertz CT molecular complexity index is 1220. The zero-order valence-electron chi connectivity index (χ0n) is 18.2. The largest absolute Gasteiger partial charge is 0.465 e. The third kappa shape index (κ3) is 4.07. The summed E-state index contributed by atoms with van der Waals surface area (Å²) in [5.41, 5.74) is 1.91. The van der Waals surface area contributed by atoms with E-state index in [9.17, 15) is 19.2 Å². The Morgan fingerprint density at radius 2 is 1.42 bits per heavy atom. The molecule has 0 aliphatic carbocycles. The number of esters is 2. The number of nitrogens with zero attached hydrogens (tertiary/aromatic N) is 2. The second-order valence-corrected chi connectivity index (χ2v) is 7.40. The summed E-state index contributed by atoms with van der Waals surface area (Å²) in [6.45, 7) is 3.42. The highest BCUT2D eigenvalue weighted by Crippen LogP contribution is 2.29. The van der Waals surface area contributed by atoms with Crippen molar-refractivity contribution in [3.05, 3.63) is 77.0 Å². The summed E-state index contributed by atoms with van der Waals surface area (Å²) in [6, 6.07) is 15.3. The van der Waals surface area contributed by atoms with Crippen molar-refractivity contribution < 1.29 is 28.7 Å². The molecule has 4 rings (SSSR count). The van der Waals surface area contributed by atoms with E-state index in [4.69, 9.17) is 9.47 Å². The minimum Gasteiger partial charge on any atom is -0.465 e. The summed E-state index contributed by atoms with van der Waals surface area (Å²) in [6.07, 6.45) is 0. The zero-order chi connectivity index (χ0) is 23.5. The van der Waals surface area contributed by atoms with Crippen molar-refractivity contribution in [1.82, 2.24) is 9.88 Å². The molecule has 0 saturated carbocycles. The number of rotatable bonds is 7. The van der Waals surface area contributed by atoms with Crippen molar-refractivity contribution in [2.45, 2.75) is 26.3 Å². The van der Waals surface area contributed by atoms with Gasteiger partial charge in [0.2, 0.25) is 0 Å². The van der Waals surface area contributed by atoms with Crippen LogP contribution in [0.3, 0.4) is 0 Å². The number of hydrogen-bond donors (Lipinski definition) is 0. The van der Waals surface area contributed by atoms with E-state index in [0.29, 0.717) is 27.6 Å². The van der Waals surface area contributed by atoms with Gasteiger partial charge in [0.25, 0.3) is 11.8 Å². The summed E-state index contributed by atoms with van der Waals surface area (Å²) < 4.78 is 10.2. The summed E-state index contributed by atoms with van der Waals surface area (Å²) in [7, 11) is 0. The van der Waals surface area contributed by atoms with Crippen LogP contribution in [-0.4, -0.2) is 46.9 Å². The molecule has 0 radical (unpaired) electrons. The lowest BCUT2D eigenvalue weighted by Crippen LogP contribution is -2.30. The first-order valence-corrected chi connectivity index (χ1v) is 10.6. The van der Waals surface area contributed by atoms with E-state index in [-0.39, 0.29) is 25.5 Å². The molecule has 0 unspecified atom stereocenters. The van der Waals surface area contributed by atoms with Crippen LogP contribution < -0.4 is 0 Å². The smallest absolute Gasteiger partial charge is 0.326 e. The first-order valence-electron chi connectivity index (χ1n) is 10.6. The number of benzene rings is 2. The average Bonchev–Trinajstić information content (AvgIpc) is 3.05. The van der Waals surface area contributed by atoms with Crippen LogP contribution in [-0.2, 0) is 25.6 Å². The molecule has 168 valence electrons. The Labute approximate surface area is 190 Å².